The Balaban J connectivity index is 0.00000264. The first-order chi connectivity index (χ1) is 10.7. The van der Waals surface area contributed by atoms with Crippen molar-refractivity contribution in [3.63, 3.8) is 0 Å². The highest BCUT2D eigenvalue weighted by atomic mass is 127. The maximum Gasteiger partial charge on any atom is 0.193 e. The summed E-state index contributed by atoms with van der Waals surface area (Å²) in [6, 6.07) is 0. The van der Waals surface area contributed by atoms with Crippen LogP contribution < -0.4 is 5.32 Å². The monoisotopic (exact) mass is 433 g/mol. The molecule has 5 nitrogen and oxygen atoms in total. The van der Waals surface area contributed by atoms with E-state index in [1.54, 1.807) is 0 Å². The maximum absolute atomic E-state index is 4.46. The first kappa shape index (κ1) is 20.3. The Labute approximate surface area is 157 Å². The Morgan fingerprint density at radius 3 is 2.74 bits per heavy atom. The Morgan fingerprint density at radius 1 is 1.43 bits per heavy atom. The van der Waals surface area contributed by atoms with Crippen LogP contribution in [0.3, 0.4) is 0 Å². The van der Waals surface area contributed by atoms with E-state index in [0.29, 0.717) is 0 Å². The average molecular weight is 433 g/mol. The molecule has 2 heterocycles. The van der Waals surface area contributed by atoms with Crippen molar-refractivity contribution in [2.45, 2.75) is 39.5 Å². The largest absolute Gasteiger partial charge is 0.356 e. The molecule has 1 aromatic heterocycles. The van der Waals surface area contributed by atoms with Gasteiger partial charge < -0.3 is 10.2 Å². The van der Waals surface area contributed by atoms with Crippen LogP contribution in [-0.2, 0) is 13.5 Å². The molecule has 1 aliphatic rings. The molecule has 0 aliphatic carbocycles. The van der Waals surface area contributed by atoms with Crippen molar-refractivity contribution in [2.75, 3.05) is 26.7 Å². The fourth-order valence-corrected chi connectivity index (χ4v) is 3.57. The molecule has 0 amide bonds. The second-order valence-electron chi connectivity index (χ2n) is 6.32. The van der Waals surface area contributed by atoms with Gasteiger partial charge >= 0.3 is 0 Å². The molecule has 0 bridgehead atoms. The number of likely N-dealkylation sites (tertiary alicyclic amines) is 1. The number of halogens is 1. The Hall–Kier alpha value is -0.790. The third-order valence-electron chi connectivity index (χ3n) is 4.91. The zero-order valence-electron chi connectivity index (χ0n) is 15.0. The van der Waals surface area contributed by atoms with Crippen LogP contribution in [-0.4, -0.2) is 47.3 Å². The summed E-state index contributed by atoms with van der Waals surface area (Å²) < 4.78 is 1.85. The fraction of sp³-hybridized carbons (Fsp3) is 0.765. The van der Waals surface area contributed by atoms with Gasteiger partial charge in [-0.2, -0.15) is 5.10 Å². The lowest BCUT2D eigenvalue weighted by Crippen LogP contribution is -2.41. The van der Waals surface area contributed by atoms with Gasteiger partial charge in [0.1, 0.15) is 0 Å². The highest BCUT2D eigenvalue weighted by molar-refractivity contribution is 14.0. The van der Waals surface area contributed by atoms with Crippen molar-refractivity contribution in [3.8, 4) is 0 Å². The summed E-state index contributed by atoms with van der Waals surface area (Å²) in [5, 5.41) is 7.71. The summed E-state index contributed by atoms with van der Waals surface area (Å²) in [5.74, 6) is 2.74. The molecule has 1 fully saturated rings. The van der Waals surface area contributed by atoms with Gasteiger partial charge in [0.15, 0.2) is 5.96 Å². The van der Waals surface area contributed by atoms with E-state index in [1.165, 1.54) is 24.8 Å². The van der Waals surface area contributed by atoms with Crippen LogP contribution in [0.5, 0.6) is 0 Å². The Morgan fingerprint density at radius 2 is 2.17 bits per heavy atom. The zero-order chi connectivity index (χ0) is 15.9. The normalized spacial score (nSPS) is 18.4. The summed E-state index contributed by atoms with van der Waals surface area (Å²) in [4.78, 5) is 6.89. The van der Waals surface area contributed by atoms with Crippen LogP contribution >= 0.6 is 24.0 Å². The number of aryl methyl sites for hydroxylation is 1. The topological polar surface area (TPSA) is 45.4 Å². The van der Waals surface area contributed by atoms with E-state index in [9.17, 15) is 0 Å². The molecule has 0 spiro atoms. The summed E-state index contributed by atoms with van der Waals surface area (Å²) in [5.41, 5.74) is 1.27. The van der Waals surface area contributed by atoms with Gasteiger partial charge in [-0.1, -0.05) is 26.7 Å². The van der Waals surface area contributed by atoms with Crippen molar-refractivity contribution in [2.24, 2.45) is 23.9 Å². The summed E-state index contributed by atoms with van der Waals surface area (Å²) in [7, 11) is 3.84. The molecule has 0 saturated carbocycles. The van der Waals surface area contributed by atoms with Crippen LogP contribution in [0.4, 0.5) is 0 Å². The van der Waals surface area contributed by atoms with E-state index in [-0.39, 0.29) is 24.0 Å². The highest BCUT2D eigenvalue weighted by Gasteiger charge is 2.29. The van der Waals surface area contributed by atoms with Gasteiger partial charge in [-0.05, 0) is 30.2 Å². The number of guanidine groups is 1. The van der Waals surface area contributed by atoms with Crippen LogP contribution in [0.1, 0.15) is 38.7 Å². The molecule has 1 atom stereocenters. The molecule has 1 N–H and O–H groups in total. The van der Waals surface area contributed by atoms with Crippen molar-refractivity contribution in [1.82, 2.24) is 20.0 Å². The van der Waals surface area contributed by atoms with Gasteiger partial charge in [-0.15, -0.1) is 24.0 Å². The number of nitrogens with zero attached hydrogens (tertiary/aromatic N) is 4. The molecular weight excluding hydrogens is 401 g/mol. The SMILES string of the molecule is CCC(CC)C1CCN(C(=NC)NCCc2cnn(C)c2)C1.I. The first-order valence-corrected chi connectivity index (χ1v) is 8.61. The predicted octanol–water partition coefficient (Wildman–Crippen LogP) is 2.91. The van der Waals surface area contributed by atoms with Gasteiger partial charge in [-0.3, -0.25) is 9.67 Å². The molecule has 1 unspecified atom stereocenters. The number of nitrogens with one attached hydrogen (secondary N) is 1. The fourth-order valence-electron chi connectivity index (χ4n) is 3.57. The van der Waals surface area contributed by atoms with Gasteiger partial charge in [0.2, 0.25) is 0 Å². The summed E-state index contributed by atoms with van der Waals surface area (Å²) in [6.07, 6.45) is 8.88. The van der Waals surface area contributed by atoms with Crippen molar-refractivity contribution in [3.05, 3.63) is 18.0 Å². The van der Waals surface area contributed by atoms with Gasteiger partial charge in [0, 0.05) is 39.9 Å². The Bertz CT molecular complexity index is 481. The van der Waals surface area contributed by atoms with Gasteiger partial charge in [0.05, 0.1) is 6.20 Å². The second-order valence-corrected chi connectivity index (χ2v) is 6.32. The minimum Gasteiger partial charge on any atom is -0.356 e. The predicted molar refractivity (Wildman–Crippen MR) is 107 cm³/mol. The number of hydrogen-bond acceptors (Lipinski definition) is 2. The van der Waals surface area contributed by atoms with E-state index in [4.69, 9.17) is 0 Å². The number of aromatic nitrogens is 2. The highest BCUT2D eigenvalue weighted by Crippen LogP contribution is 2.28. The molecular formula is C17H32IN5. The van der Waals surface area contributed by atoms with E-state index in [0.717, 1.165) is 43.9 Å². The van der Waals surface area contributed by atoms with Crippen LogP contribution in [0.15, 0.2) is 17.4 Å². The zero-order valence-corrected chi connectivity index (χ0v) is 17.3. The lowest BCUT2D eigenvalue weighted by atomic mass is 9.87. The molecule has 1 aliphatic heterocycles. The van der Waals surface area contributed by atoms with E-state index >= 15 is 0 Å². The summed E-state index contributed by atoms with van der Waals surface area (Å²) >= 11 is 0. The average Bonchev–Trinajstić information content (AvgIpc) is 3.15. The minimum absolute atomic E-state index is 0. The lowest BCUT2D eigenvalue weighted by molar-refractivity contribution is 0.319. The lowest BCUT2D eigenvalue weighted by Gasteiger charge is -2.24. The molecule has 2 rings (SSSR count). The van der Waals surface area contributed by atoms with E-state index in [2.05, 4.69) is 40.4 Å². The van der Waals surface area contributed by atoms with E-state index < -0.39 is 0 Å². The van der Waals surface area contributed by atoms with Crippen LogP contribution in [0, 0.1) is 11.8 Å². The standard InChI is InChI=1S/C17H31N5.HI/c1-5-15(6-2)16-8-10-22(13-16)17(18-3)19-9-7-14-11-20-21(4)12-14;/h11-12,15-16H,5-10,13H2,1-4H3,(H,18,19);1H. The number of aliphatic imine (C=N–C) groups is 1. The summed E-state index contributed by atoms with van der Waals surface area (Å²) in [6.45, 7) is 7.83. The van der Waals surface area contributed by atoms with Crippen molar-refractivity contribution >= 4 is 29.9 Å². The van der Waals surface area contributed by atoms with Crippen LogP contribution in [0.2, 0.25) is 0 Å². The molecule has 23 heavy (non-hydrogen) atoms. The van der Waals surface area contributed by atoms with Crippen LogP contribution in [0.25, 0.3) is 0 Å². The number of rotatable bonds is 6. The number of hydrogen-bond donors (Lipinski definition) is 1. The Kier molecular flexibility index (Phi) is 8.94. The van der Waals surface area contributed by atoms with Crippen molar-refractivity contribution in [1.29, 1.82) is 0 Å². The molecule has 1 aromatic rings. The quantitative estimate of drug-likeness (QED) is 0.426. The third kappa shape index (κ3) is 5.65. The molecule has 0 radical (unpaired) electrons. The van der Waals surface area contributed by atoms with Gasteiger partial charge in [-0.25, -0.2) is 0 Å². The molecule has 132 valence electrons. The minimum atomic E-state index is 0. The van der Waals surface area contributed by atoms with Gasteiger partial charge in [0.25, 0.3) is 0 Å². The van der Waals surface area contributed by atoms with E-state index in [1.807, 2.05) is 25.0 Å². The van der Waals surface area contributed by atoms with Crippen molar-refractivity contribution < 1.29 is 0 Å². The molecule has 1 saturated heterocycles. The second kappa shape index (κ2) is 10.2. The molecule has 0 aromatic carbocycles. The maximum atomic E-state index is 4.46. The first-order valence-electron chi connectivity index (χ1n) is 8.61. The smallest absolute Gasteiger partial charge is 0.193 e. The molecule has 6 heteroatoms. The third-order valence-corrected chi connectivity index (χ3v) is 4.91.